The summed E-state index contributed by atoms with van der Waals surface area (Å²) in [6.07, 6.45) is 1.11. The first-order valence-electron chi connectivity index (χ1n) is 7.28. The lowest BCUT2D eigenvalue weighted by atomic mass is 9.94. The van der Waals surface area contributed by atoms with E-state index in [1.165, 1.54) is 11.8 Å². The maximum Gasteiger partial charge on any atom is 0.303 e. The summed E-state index contributed by atoms with van der Waals surface area (Å²) < 4.78 is 0. The smallest absolute Gasteiger partial charge is 0.303 e. The Bertz CT molecular complexity index is 387. The van der Waals surface area contributed by atoms with Gasteiger partial charge in [0.05, 0.1) is 0 Å². The highest BCUT2D eigenvalue weighted by Crippen LogP contribution is 2.17. The van der Waals surface area contributed by atoms with Crippen LogP contribution in [-0.2, 0) is 9.59 Å². The number of carboxylic acids is 1. The number of nitrogens with one attached hydrogen (secondary N) is 1. The van der Waals surface area contributed by atoms with Gasteiger partial charge in [-0.1, -0.05) is 25.6 Å². The molecule has 1 aliphatic rings. The molecule has 0 aliphatic carbocycles. The molecule has 0 radical (unpaired) electrons. The number of carboxylic acid groups (broad SMARTS) is 1. The molecule has 0 bridgehead atoms. The largest absolute Gasteiger partial charge is 0.481 e. The van der Waals surface area contributed by atoms with Crippen LogP contribution in [0.4, 0.5) is 4.79 Å². The van der Waals surface area contributed by atoms with Gasteiger partial charge in [-0.05, 0) is 18.3 Å². The van der Waals surface area contributed by atoms with Crippen LogP contribution in [0.15, 0.2) is 0 Å². The van der Waals surface area contributed by atoms with Gasteiger partial charge in [0.1, 0.15) is 0 Å². The van der Waals surface area contributed by atoms with Gasteiger partial charge in [-0.25, -0.2) is 0 Å². The van der Waals surface area contributed by atoms with E-state index in [-0.39, 0.29) is 29.9 Å². The second-order valence-corrected chi connectivity index (χ2v) is 6.80. The molecule has 2 N–H and O–H groups in total. The number of aliphatic carboxylic acids is 1. The molecule has 1 heterocycles. The lowest BCUT2D eigenvalue weighted by Gasteiger charge is -2.18. The molecule has 0 aromatic carbocycles. The summed E-state index contributed by atoms with van der Waals surface area (Å²) in [5, 5.41) is 11.7. The summed E-state index contributed by atoms with van der Waals surface area (Å²) in [7, 11) is 0. The summed E-state index contributed by atoms with van der Waals surface area (Å²) >= 11 is 1.28. The molecule has 7 heteroatoms. The fraction of sp³-hybridized carbons (Fsp3) is 0.786. The molecule has 6 nitrogen and oxygen atoms in total. The fourth-order valence-corrected chi connectivity index (χ4v) is 3.22. The predicted molar refractivity (Wildman–Crippen MR) is 82.3 cm³/mol. The number of nitrogens with zero attached hydrogens (tertiary/aromatic N) is 1. The highest BCUT2D eigenvalue weighted by Gasteiger charge is 2.21. The van der Waals surface area contributed by atoms with Crippen molar-refractivity contribution in [2.24, 2.45) is 11.8 Å². The molecule has 1 aliphatic heterocycles. The third-order valence-corrected chi connectivity index (χ3v) is 4.20. The van der Waals surface area contributed by atoms with E-state index in [1.54, 1.807) is 4.90 Å². The van der Waals surface area contributed by atoms with Gasteiger partial charge >= 0.3 is 5.97 Å². The van der Waals surface area contributed by atoms with E-state index in [1.807, 2.05) is 13.8 Å². The van der Waals surface area contributed by atoms with Crippen LogP contribution >= 0.6 is 11.8 Å². The SMILES string of the molecule is CC(C)C[C@H](CNC(=O)CCN1CCSC1=O)CC(=O)O. The van der Waals surface area contributed by atoms with Crippen LogP contribution in [0.1, 0.15) is 33.1 Å². The zero-order valence-corrected chi connectivity index (χ0v) is 13.4. The van der Waals surface area contributed by atoms with E-state index in [0.717, 1.165) is 12.2 Å². The van der Waals surface area contributed by atoms with Crippen molar-refractivity contribution >= 4 is 28.9 Å². The second kappa shape index (κ2) is 8.92. The van der Waals surface area contributed by atoms with Crippen molar-refractivity contribution < 1.29 is 19.5 Å². The number of amides is 2. The minimum absolute atomic E-state index is 0.0337. The van der Waals surface area contributed by atoms with E-state index < -0.39 is 5.97 Å². The molecule has 0 spiro atoms. The summed E-state index contributed by atoms with van der Waals surface area (Å²) in [6, 6.07) is 0. The molecule has 1 saturated heterocycles. The van der Waals surface area contributed by atoms with Crippen LogP contribution in [0.5, 0.6) is 0 Å². The molecular formula is C14H24N2O4S. The van der Waals surface area contributed by atoms with Gasteiger partial charge < -0.3 is 15.3 Å². The maximum absolute atomic E-state index is 11.8. The molecule has 2 amide bonds. The lowest BCUT2D eigenvalue weighted by Crippen LogP contribution is -2.34. The van der Waals surface area contributed by atoms with E-state index in [4.69, 9.17) is 5.11 Å². The first-order valence-corrected chi connectivity index (χ1v) is 8.27. The number of rotatable bonds is 9. The van der Waals surface area contributed by atoms with E-state index in [2.05, 4.69) is 5.32 Å². The maximum atomic E-state index is 11.8. The standard InChI is InChI=1S/C14H24N2O4S/c1-10(2)7-11(8-13(18)19)9-15-12(17)3-4-16-5-6-21-14(16)20/h10-11H,3-9H2,1-2H3,(H,15,17)(H,18,19)/t11-/m0/s1. The fourth-order valence-electron chi connectivity index (χ4n) is 2.36. The quantitative estimate of drug-likeness (QED) is 0.677. The zero-order valence-electron chi connectivity index (χ0n) is 12.6. The number of carbonyl (C=O) groups is 3. The van der Waals surface area contributed by atoms with Crippen LogP contribution in [0.25, 0.3) is 0 Å². The van der Waals surface area contributed by atoms with Crippen LogP contribution in [0.2, 0.25) is 0 Å². The number of thioether (sulfide) groups is 1. The first kappa shape index (κ1) is 17.8. The third kappa shape index (κ3) is 7.36. The normalized spacial score (nSPS) is 16.3. The molecule has 0 aromatic rings. The monoisotopic (exact) mass is 316 g/mol. The number of carbonyl (C=O) groups excluding carboxylic acids is 2. The molecule has 21 heavy (non-hydrogen) atoms. The van der Waals surface area contributed by atoms with Crippen molar-refractivity contribution in [3.8, 4) is 0 Å². The van der Waals surface area contributed by atoms with Crippen molar-refractivity contribution in [3.05, 3.63) is 0 Å². The van der Waals surface area contributed by atoms with Gasteiger partial charge in [0.15, 0.2) is 0 Å². The van der Waals surface area contributed by atoms with Crippen LogP contribution in [-0.4, -0.2) is 52.5 Å². The molecule has 1 fully saturated rings. The Morgan fingerprint density at radius 1 is 1.43 bits per heavy atom. The van der Waals surface area contributed by atoms with Gasteiger partial charge in [0, 0.05) is 38.2 Å². The van der Waals surface area contributed by atoms with Crippen molar-refractivity contribution in [1.29, 1.82) is 0 Å². The Kier molecular flexibility index (Phi) is 7.56. The number of hydrogen-bond donors (Lipinski definition) is 2. The minimum atomic E-state index is -0.838. The Morgan fingerprint density at radius 3 is 2.67 bits per heavy atom. The van der Waals surface area contributed by atoms with Crippen LogP contribution in [0.3, 0.4) is 0 Å². The summed E-state index contributed by atoms with van der Waals surface area (Å²) in [5.74, 6) is 0.171. The first-order chi connectivity index (χ1) is 9.88. The zero-order chi connectivity index (χ0) is 15.8. The highest BCUT2D eigenvalue weighted by molar-refractivity contribution is 8.13. The molecule has 1 atom stereocenters. The van der Waals surface area contributed by atoms with Crippen LogP contribution < -0.4 is 5.32 Å². The highest BCUT2D eigenvalue weighted by atomic mass is 32.2. The van der Waals surface area contributed by atoms with Crippen molar-refractivity contribution in [3.63, 3.8) is 0 Å². The Morgan fingerprint density at radius 2 is 2.14 bits per heavy atom. The Hall–Kier alpha value is -1.24. The topological polar surface area (TPSA) is 86.7 Å². The third-order valence-electron chi connectivity index (χ3n) is 3.31. The lowest BCUT2D eigenvalue weighted by molar-refractivity contribution is -0.138. The predicted octanol–water partition coefficient (Wildman–Crippen LogP) is 1.80. The van der Waals surface area contributed by atoms with Gasteiger partial charge in [-0.15, -0.1) is 0 Å². The molecule has 1 rings (SSSR count). The van der Waals surface area contributed by atoms with Gasteiger partial charge in [-0.3, -0.25) is 14.4 Å². The van der Waals surface area contributed by atoms with Crippen LogP contribution in [0, 0.1) is 11.8 Å². The second-order valence-electron chi connectivity index (χ2n) is 5.75. The van der Waals surface area contributed by atoms with Crippen molar-refractivity contribution in [2.45, 2.75) is 33.1 Å². The minimum Gasteiger partial charge on any atom is -0.481 e. The Labute approximate surface area is 129 Å². The molecule has 0 aromatic heterocycles. The average Bonchev–Trinajstić information content (AvgIpc) is 2.77. The van der Waals surface area contributed by atoms with Gasteiger partial charge in [-0.2, -0.15) is 0 Å². The van der Waals surface area contributed by atoms with Crippen molar-refractivity contribution in [2.75, 3.05) is 25.4 Å². The summed E-state index contributed by atoms with van der Waals surface area (Å²) in [5.41, 5.74) is 0. The summed E-state index contributed by atoms with van der Waals surface area (Å²) in [4.78, 5) is 35.7. The molecule has 0 unspecified atom stereocenters. The number of hydrogen-bond acceptors (Lipinski definition) is 4. The van der Waals surface area contributed by atoms with Gasteiger partial charge in [0.2, 0.25) is 5.91 Å². The molecule has 120 valence electrons. The molecular weight excluding hydrogens is 292 g/mol. The van der Waals surface area contributed by atoms with Gasteiger partial charge in [0.25, 0.3) is 5.24 Å². The van der Waals surface area contributed by atoms with E-state index in [0.29, 0.717) is 25.6 Å². The van der Waals surface area contributed by atoms with E-state index >= 15 is 0 Å². The Balaban J connectivity index is 2.28. The summed E-state index contributed by atoms with van der Waals surface area (Å²) in [6.45, 7) is 5.59. The van der Waals surface area contributed by atoms with Crippen molar-refractivity contribution in [1.82, 2.24) is 10.2 Å². The molecule has 0 saturated carbocycles. The average molecular weight is 316 g/mol. The van der Waals surface area contributed by atoms with E-state index in [9.17, 15) is 14.4 Å².